The Kier molecular flexibility index (Phi) is 3.95. The molecule has 4 heterocycles. The second kappa shape index (κ2) is 6.27. The summed E-state index contributed by atoms with van der Waals surface area (Å²) in [7, 11) is 0. The van der Waals surface area contributed by atoms with E-state index in [1.807, 2.05) is 34.7 Å². The average Bonchev–Trinajstić information content (AvgIpc) is 3.04. The van der Waals surface area contributed by atoms with E-state index < -0.39 is 0 Å². The maximum Gasteiger partial charge on any atom is 0.255 e. The summed E-state index contributed by atoms with van der Waals surface area (Å²) in [6.45, 7) is 5.80. The van der Waals surface area contributed by atoms with Crippen molar-refractivity contribution in [3.05, 3.63) is 48.2 Å². The standard InChI is InChI=1S/C19H21N5O/c1-13-3-8-23(9-4-13)19(25)16-11-15-5-10-24(18(15)22-14(16)2)17-12-20-6-7-21-17/h5-7,10-13H,3-4,8-9H2,1-2H3. The first-order valence-corrected chi connectivity index (χ1v) is 8.68. The van der Waals surface area contributed by atoms with Crippen LogP contribution >= 0.6 is 0 Å². The molecule has 1 fully saturated rings. The molecule has 4 rings (SSSR count). The lowest BCUT2D eigenvalue weighted by Crippen LogP contribution is -2.38. The minimum atomic E-state index is 0.0889. The first kappa shape index (κ1) is 15.7. The van der Waals surface area contributed by atoms with Crippen molar-refractivity contribution in [1.29, 1.82) is 0 Å². The van der Waals surface area contributed by atoms with Gasteiger partial charge in [0.05, 0.1) is 17.5 Å². The summed E-state index contributed by atoms with van der Waals surface area (Å²) >= 11 is 0. The predicted molar refractivity (Wildman–Crippen MR) is 95.7 cm³/mol. The summed E-state index contributed by atoms with van der Waals surface area (Å²) < 4.78 is 1.90. The summed E-state index contributed by atoms with van der Waals surface area (Å²) in [4.78, 5) is 28.0. The molecule has 1 saturated heterocycles. The Hall–Kier alpha value is -2.76. The molecule has 3 aromatic rings. The number of fused-ring (bicyclic) bond motifs is 1. The number of likely N-dealkylation sites (tertiary alicyclic amines) is 1. The van der Waals surface area contributed by atoms with Crippen molar-refractivity contribution in [2.75, 3.05) is 13.1 Å². The van der Waals surface area contributed by atoms with Gasteiger partial charge in [-0.2, -0.15) is 0 Å². The molecule has 0 atom stereocenters. The van der Waals surface area contributed by atoms with E-state index in [1.165, 1.54) is 0 Å². The maximum atomic E-state index is 12.9. The summed E-state index contributed by atoms with van der Waals surface area (Å²) in [6.07, 6.45) is 9.06. The fourth-order valence-electron chi connectivity index (χ4n) is 3.35. The van der Waals surface area contributed by atoms with E-state index in [1.54, 1.807) is 18.6 Å². The highest BCUT2D eigenvalue weighted by Crippen LogP contribution is 2.23. The van der Waals surface area contributed by atoms with Crippen LogP contribution in [0, 0.1) is 12.8 Å². The summed E-state index contributed by atoms with van der Waals surface area (Å²) in [6, 6.07) is 3.91. The van der Waals surface area contributed by atoms with Crippen LogP contribution in [0.15, 0.2) is 36.9 Å². The van der Waals surface area contributed by atoms with Crippen LogP contribution in [0.2, 0.25) is 0 Å². The topological polar surface area (TPSA) is 63.9 Å². The molecule has 0 unspecified atom stereocenters. The SMILES string of the molecule is Cc1nc2c(ccn2-c2cnccn2)cc1C(=O)N1CCC(C)CC1. The number of aryl methyl sites for hydroxylation is 1. The summed E-state index contributed by atoms with van der Waals surface area (Å²) in [5.41, 5.74) is 2.24. The maximum absolute atomic E-state index is 12.9. The molecule has 128 valence electrons. The highest BCUT2D eigenvalue weighted by molar-refractivity contribution is 5.98. The van der Waals surface area contributed by atoms with Crippen molar-refractivity contribution in [2.45, 2.75) is 26.7 Å². The molecular formula is C19H21N5O. The Morgan fingerprint density at radius 3 is 2.76 bits per heavy atom. The lowest BCUT2D eigenvalue weighted by Gasteiger charge is -2.30. The zero-order valence-electron chi connectivity index (χ0n) is 14.5. The minimum absolute atomic E-state index is 0.0889. The molecule has 1 amide bonds. The average molecular weight is 335 g/mol. The van der Waals surface area contributed by atoms with E-state index in [4.69, 9.17) is 4.98 Å². The molecule has 6 nitrogen and oxygen atoms in total. The number of hydrogen-bond donors (Lipinski definition) is 0. The van der Waals surface area contributed by atoms with Gasteiger partial charge < -0.3 is 4.90 Å². The summed E-state index contributed by atoms with van der Waals surface area (Å²) in [5, 5.41) is 0.935. The molecule has 0 aromatic carbocycles. The lowest BCUT2D eigenvalue weighted by molar-refractivity contribution is 0.0696. The zero-order valence-corrected chi connectivity index (χ0v) is 14.5. The van der Waals surface area contributed by atoms with E-state index in [-0.39, 0.29) is 5.91 Å². The number of carbonyl (C=O) groups excluding carboxylic acids is 1. The Morgan fingerprint density at radius 2 is 2.04 bits per heavy atom. The van der Waals surface area contributed by atoms with Gasteiger partial charge in [0, 0.05) is 37.1 Å². The molecule has 0 N–H and O–H groups in total. The van der Waals surface area contributed by atoms with Gasteiger partial charge in [0.2, 0.25) is 0 Å². The number of aromatic nitrogens is 4. The van der Waals surface area contributed by atoms with Crippen LogP contribution in [0.5, 0.6) is 0 Å². The van der Waals surface area contributed by atoms with E-state index in [9.17, 15) is 4.79 Å². The predicted octanol–water partition coefficient (Wildman–Crippen LogP) is 3.00. The smallest absolute Gasteiger partial charge is 0.255 e. The molecule has 0 bridgehead atoms. The third-order valence-corrected chi connectivity index (χ3v) is 4.95. The number of amides is 1. The van der Waals surface area contributed by atoms with E-state index >= 15 is 0 Å². The first-order valence-electron chi connectivity index (χ1n) is 8.68. The van der Waals surface area contributed by atoms with Crippen molar-refractivity contribution in [1.82, 2.24) is 24.4 Å². The van der Waals surface area contributed by atoms with Crippen molar-refractivity contribution in [3.63, 3.8) is 0 Å². The van der Waals surface area contributed by atoms with Crippen LogP contribution in [0.4, 0.5) is 0 Å². The number of pyridine rings is 1. The molecule has 6 heteroatoms. The Balaban J connectivity index is 1.70. The van der Waals surface area contributed by atoms with E-state index in [0.717, 1.165) is 42.7 Å². The number of carbonyl (C=O) groups is 1. The highest BCUT2D eigenvalue weighted by atomic mass is 16.2. The Morgan fingerprint density at radius 1 is 1.24 bits per heavy atom. The summed E-state index contributed by atoms with van der Waals surface area (Å²) in [5.74, 6) is 1.51. The second-order valence-corrected chi connectivity index (χ2v) is 6.76. The molecule has 0 spiro atoms. The number of hydrogen-bond acceptors (Lipinski definition) is 4. The molecule has 1 aliphatic heterocycles. The van der Waals surface area contributed by atoms with Crippen molar-refractivity contribution in [3.8, 4) is 5.82 Å². The molecule has 0 saturated carbocycles. The van der Waals surface area contributed by atoms with Gasteiger partial charge in [0.1, 0.15) is 5.65 Å². The Bertz CT molecular complexity index is 910. The van der Waals surface area contributed by atoms with Gasteiger partial charge in [-0.1, -0.05) is 6.92 Å². The van der Waals surface area contributed by atoms with Crippen LogP contribution < -0.4 is 0 Å². The van der Waals surface area contributed by atoms with Gasteiger partial charge in [-0.05, 0) is 37.8 Å². The van der Waals surface area contributed by atoms with E-state index in [2.05, 4.69) is 16.9 Å². The van der Waals surface area contributed by atoms with Gasteiger partial charge in [-0.15, -0.1) is 0 Å². The van der Waals surface area contributed by atoms with Gasteiger partial charge in [-0.25, -0.2) is 9.97 Å². The van der Waals surface area contributed by atoms with Crippen LogP contribution in [-0.2, 0) is 0 Å². The Labute approximate surface area is 146 Å². The molecule has 0 radical (unpaired) electrons. The first-order chi connectivity index (χ1) is 12.1. The van der Waals surface area contributed by atoms with Crippen LogP contribution in [-0.4, -0.2) is 43.4 Å². The molecule has 3 aromatic heterocycles. The van der Waals surface area contributed by atoms with Crippen LogP contribution in [0.1, 0.15) is 35.8 Å². The van der Waals surface area contributed by atoms with Gasteiger partial charge in [0.15, 0.2) is 5.82 Å². The van der Waals surface area contributed by atoms with Crippen LogP contribution in [0.25, 0.3) is 16.9 Å². The van der Waals surface area contributed by atoms with Crippen molar-refractivity contribution in [2.24, 2.45) is 5.92 Å². The highest BCUT2D eigenvalue weighted by Gasteiger charge is 2.23. The van der Waals surface area contributed by atoms with Crippen LogP contribution in [0.3, 0.4) is 0 Å². The molecular weight excluding hydrogens is 314 g/mol. The van der Waals surface area contributed by atoms with E-state index in [0.29, 0.717) is 17.3 Å². The molecule has 1 aliphatic rings. The fourth-order valence-corrected chi connectivity index (χ4v) is 3.35. The number of nitrogens with zero attached hydrogens (tertiary/aromatic N) is 5. The largest absolute Gasteiger partial charge is 0.339 e. The quantitative estimate of drug-likeness (QED) is 0.722. The third-order valence-electron chi connectivity index (χ3n) is 4.95. The zero-order chi connectivity index (χ0) is 17.4. The van der Waals surface area contributed by atoms with Gasteiger partial charge in [-0.3, -0.25) is 14.3 Å². The normalized spacial score (nSPS) is 15.7. The van der Waals surface area contributed by atoms with Crippen molar-refractivity contribution < 1.29 is 4.79 Å². The fraction of sp³-hybridized carbons (Fsp3) is 0.368. The third kappa shape index (κ3) is 2.88. The van der Waals surface area contributed by atoms with Gasteiger partial charge >= 0.3 is 0 Å². The number of piperidine rings is 1. The minimum Gasteiger partial charge on any atom is -0.339 e. The number of rotatable bonds is 2. The molecule has 0 aliphatic carbocycles. The second-order valence-electron chi connectivity index (χ2n) is 6.76. The lowest BCUT2D eigenvalue weighted by atomic mass is 9.98. The van der Waals surface area contributed by atoms with Gasteiger partial charge in [0.25, 0.3) is 5.91 Å². The van der Waals surface area contributed by atoms with Crippen molar-refractivity contribution >= 4 is 16.9 Å². The molecule has 25 heavy (non-hydrogen) atoms. The monoisotopic (exact) mass is 335 g/mol.